The van der Waals surface area contributed by atoms with Crippen molar-refractivity contribution in [2.45, 2.75) is 308 Å². The zero-order chi connectivity index (χ0) is 43.8. The van der Waals surface area contributed by atoms with Crippen molar-refractivity contribution in [3.05, 3.63) is 0 Å². The van der Waals surface area contributed by atoms with Crippen molar-refractivity contribution in [1.82, 2.24) is 0 Å². The highest BCUT2D eigenvalue weighted by molar-refractivity contribution is 7.48. The van der Waals surface area contributed by atoms with Crippen LogP contribution in [0.2, 0.25) is 0 Å². The molecule has 0 aliphatic carbocycles. The van der Waals surface area contributed by atoms with Gasteiger partial charge in [0.15, 0.2) is 0 Å². The summed E-state index contributed by atoms with van der Waals surface area (Å²) >= 11 is 0. The molecule has 0 aromatic heterocycles. The van der Waals surface area contributed by atoms with Gasteiger partial charge in [-0.05, 0) is 19.3 Å². The van der Waals surface area contributed by atoms with Gasteiger partial charge < -0.3 is 30.6 Å². The predicted molar refractivity (Wildman–Crippen MR) is 243 cm³/mol. The molecule has 0 fully saturated rings. The molecular weight excluding hydrogens is 767 g/mol. The Balaban J connectivity index is 4.87. The molecule has 0 saturated carbocycles. The third kappa shape index (κ3) is 41.6. The lowest BCUT2D eigenvalue weighted by Crippen LogP contribution is -2.39. The van der Waals surface area contributed by atoms with E-state index in [0.29, 0.717) is 38.5 Å². The summed E-state index contributed by atoms with van der Waals surface area (Å²) in [6.45, 7) is 6.69. The van der Waals surface area contributed by atoms with E-state index in [-0.39, 0.29) is 19.3 Å². The lowest BCUT2D eigenvalue weighted by molar-refractivity contribution is -0.357. The molecule has 59 heavy (non-hydrogen) atoms. The SMILES string of the molecule is CCCCCCCCCCCCCCCC(O)(O)OP(=O)(OC(O)(O)CCCCCCCCCCCCCCC)OC(O)(O)CCCCCCCCCCCCCCC. The maximum atomic E-state index is 13.8. The van der Waals surface area contributed by atoms with E-state index in [2.05, 4.69) is 20.8 Å². The van der Waals surface area contributed by atoms with Crippen LogP contribution in [0.25, 0.3) is 0 Å². The second-order valence-electron chi connectivity index (χ2n) is 17.9. The first kappa shape index (κ1) is 58.9. The van der Waals surface area contributed by atoms with E-state index in [0.717, 1.165) is 57.8 Å². The molecule has 0 atom stereocenters. The van der Waals surface area contributed by atoms with Gasteiger partial charge in [0.2, 0.25) is 0 Å². The maximum absolute atomic E-state index is 13.8. The monoisotopic (exact) mass is 867 g/mol. The van der Waals surface area contributed by atoms with Crippen LogP contribution in [0.3, 0.4) is 0 Å². The number of phosphoric acid groups is 1. The summed E-state index contributed by atoms with van der Waals surface area (Å²) in [4.78, 5) is 0. The zero-order valence-electron chi connectivity index (χ0n) is 39.0. The average Bonchev–Trinajstić information content (AvgIpc) is 3.16. The standard InChI is InChI=1S/C48H99O10P/c1-4-7-10-13-16-19-22-25-28-31-34-37-40-43-46(49,50)56-59(55,57-47(51,52)44-41-38-35-32-29-26-23-20-17-14-11-8-5-2)58-48(53,54)45-42-39-36-33-30-27-24-21-18-15-12-9-6-3/h49-54H,4-45H2,1-3H3. The van der Waals surface area contributed by atoms with Crippen LogP contribution in [-0.2, 0) is 18.1 Å². The molecule has 356 valence electrons. The van der Waals surface area contributed by atoms with Crippen LogP contribution in [-0.4, -0.2) is 48.6 Å². The highest BCUT2D eigenvalue weighted by Crippen LogP contribution is 2.57. The molecule has 11 heteroatoms. The Morgan fingerprint density at radius 1 is 0.271 bits per heavy atom. The zero-order valence-corrected chi connectivity index (χ0v) is 39.9. The van der Waals surface area contributed by atoms with E-state index in [1.54, 1.807) is 0 Å². The molecule has 0 heterocycles. The summed E-state index contributed by atoms with van der Waals surface area (Å²) in [7, 11) is -5.34. The molecular formula is C48H99O10P. The van der Waals surface area contributed by atoms with Crippen molar-refractivity contribution >= 4 is 7.82 Å². The Kier molecular flexibility index (Phi) is 39.4. The van der Waals surface area contributed by atoms with Gasteiger partial charge in [-0.25, -0.2) is 18.1 Å². The second-order valence-corrected chi connectivity index (χ2v) is 19.4. The molecule has 0 aromatic carbocycles. The van der Waals surface area contributed by atoms with E-state index < -0.39 is 25.7 Å². The van der Waals surface area contributed by atoms with Crippen molar-refractivity contribution in [2.75, 3.05) is 0 Å². The summed E-state index contributed by atoms with van der Waals surface area (Å²) in [5.41, 5.74) is 0. The van der Waals surface area contributed by atoms with Crippen molar-refractivity contribution in [2.24, 2.45) is 0 Å². The van der Waals surface area contributed by atoms with Gasteiger partial charge in [0.25, 0.3) is 17.9 Å². The average molecular weight is 867 g/mol. The van der Waals surface area contributed by atoms with Crippen LogP contribution >= 0.6 is 7.82 Å². The van der Waals surface area contributed by atoms with E-state index in [1.165, 1.54) is 154 Å². The highest BCUT2D eigenvalue weighted by Gasteiger charge is 2.49. The molecule has 0 amide bonds. The van der Waals surface area contributed by atoms with Gasteiger partial charge in [0, 0.05) is 19.3 Å². The molecule has 0 aliphatic heterocycles. The van der Waals surface area contributed by atoms with Gasteiger partial charge >= 0.3 is 7.82 Å². The number of hydrogen-bond donors (Lipinski definition) is 6. The quantitative estimate of drug-likeness (QED) is 0.0197. The minimum Gasteiger partial charge on any atom is -0.343 e. The fourth-order valence-electron chi connectivity index (χ4n) is 7.85. The third-order valence-corrected chi connectivity index (χ3v) is 13.1. The normalized spacial score (nSPS) is 12.9. The highest BCUT2D eigenvalue weighted by atomic mass is 31.2. The van der Waals surface area contributed by atoms with Crippen molar-refractivity contribution in [3.63, 3.8) is 0 Å². The smallest absolute Gasteiger partial charge is 0.343 e. The lowest BCUT2D eigenvalue weighted by Gasteiger charge is -2.33. The van der Waals surface area contributed by atoms with E-state index in [4.69, 9.17) is 13.6 Å². The van der Waals surface area contributed by atoms with Gasteiger partial charge in [-0.1, -0.05) is 252 Å². The van der Waals surface area contributed by atoms with Crippen LogP contribution < -0.4 is 0 Å². The molecule has 10 nitrogen and oxygen atoms in total. The number of aliphatic hydroxyl groups is 6. The van der Waals surface area contributed by atoms with Crippen LogP contribution in [0.1, 0.15) is 290 Å². The molecule has 0 aliphatic rings. The molecule has 6 N–H and O–H groups in total. The number of unbranched alkanes of at least 4 members (excludes halogenated alkanes) is 36. The Morgan fingerprint density at radius 2 is 0.407 bits per heavy atom. The second kappa shape index (κ2) is 39.5. The van der Waals surface area contributed by atoms with E-state index >= 15 is 0 Å². The Hall–Kier alpha value is -0.130. The van der Waals surface area contributed by atoms with Crippen LogP contribution in [0, 0.1) is 0 Å². The Bertz CT molecular complexity index is 817. The van der Waals surface area contributed by atoms with Crippen LogP contribution in [0.5, 0.6) is 0 Å². The summed E-state index contributed by atoms with van der Waals surface area (Å²) in [5.74, 6) is -9.07. The lowest BCUT2D eigenvalue weighted by atomic mass is 10.0. The van der Waals surface area contributed by atoms with Gasteiger partial charge in [-0.3, -0.25) is 0 Å². The largest absolute Gasteiger partial charge is 0.487 e. The first-order chi connectivity index (χ1) is 28.3. The molecule has 0 radical (unpaired) electrons. The summed E-state index contributed by atoms with van der Waals surface area (Å²) in [5, 5.41) is 64.2. The van der Waals surface area contributed by atoms with Gasteiger partial charge in [0.1, 0.15) is 0 Å². The Labute approximate surface area is 364 Å². The van der Waals surface area contributed by atoms with Crippen molar-refractivity contribution in [1.29, 1.82) is 0 Å². The molecule has 0 unspecified atom stereocenters. The topological polar surface area (TPSA) is 166 Å². The summed E-state index contributed by atoms with van der Waals surface area (Å²) in [6.07, 6.45) is 41.7. The number of rotatable bonds is 48. The minimum absolute atomic E-state index is 0.329. The van der Waals surface area contributed by atoms with Crippen LogP contribution in [0.15, 0.2) is 0 Å². The van der Waals surface area contributed by atoms with Gasteiger partial charge in [-0.15, -0.1) is 0 Å². The molecule has 0 spiro atoms. The molecule has 0 saturated heterocycles. The number of hydrogen-bond acceptors (Lipinski definition) is 10. The summed E-state index contributed by atoms with van der Waals surface area (Å²) in [6, 6.07) is 0. The number of phosphoric ester groups is 1. The first-order valence-electron chi connectivity index (χ1n) is 25.4. The van der Waals surface area contributed by atoms with Gasteiger partial charge in [-0.2, -0.15) is 0 Å². The first-order valence-corrected chi connectivity index (χ1v) is 26.8. The fourth-order valence-corrected chi connectivity index (χ4v) is 9.31. The fraction of sp³-hybridized carbons (Fsp3) is 1.00. The molecule has 0 rings (SSSR count). The Morgan fingerprint density at radius 3 is 0.559 bits per heavy atom. The molecule has 0 bridgehead atoms. The van der Waals surface area contributed by atoms with E-state index in [9.17, 15) is 35.2 Å². The molecule has 0 aromatic rings. The minimum atomic E-state index is -5.34. The third-order valence-electron chi connectivity index (χ3n) is 11.6. The van der Waals surface area contributed by atoms with Crippen LogP contribution in [0.4, 0.5) is 0 Å². The summed E-state index contributed by atoms with van der Waals surface area (Å²) < 4.78 is 28.9. The predicted octanol–water partition coefficient (Wildman–Crippen LogP) is 14.5. The van der Waals surface area contributed by atoms with Crippen molar-refractivity contribution in [3.8, 4) is 0 Å². The van der Waals surface area contributed by atoms with E-state index in [1.807, 2.05) is 0 Å². The van der Waals surface area contributed by atoms with Gasteiger partial charge in [0.05, 0.1) is 0 Å². The van der Waals surface area contributed by atoms with Crippen molar-refractivity contribution < 1.29 is 48.8 Å². The maximum Gasteiger partial charge on any atom is 0.487 e.